The van der Waals surface area contributed by atoms with E-state index in [9.17, 15) is 4.79 Å². The van der Waals surface area contributed by atoms with E-state index in [2.05, 4.69) is 39.5 Å². The molecule has 1 saturated heterocycles. The summed E-state index contributed by atoms with van der Waals surface area (Å²) < 4.78 is 0. The van der Waals surface area contributed by atoms with Gasteiger partial charge in [0.1, 0.15) is 5.84 Å². The van der Waals surface area contributed by atoms with Gasteiger partial charge in [0, 0.05) is 31.7 Å². The van der Waals surface area contributed by atoms with E-state index >= 15 is 0 Å². The van der Waals surface area contributed by atoms with Crippen LogP contribution < -0.4 is 5.32 Å². The van der Waals surface area contributed by atoms with Crippen molar-refractivity contribution >= 4 is 11.8 Å². The van der Waals surface area contributed by atoms with Gasteiger partial charge in [0.25, 0.3) is 0 Å². The SMILES string of the molecule is O=C(O)C1CCCN(Cc2ccc(C3=NCCCN3)cc2)C1. The van der Waals surface area contributed by atoms with Gasteiger partial charge in [-0.15, -0.1) is 0 Å². The zero-order valence-corrected chi connectivity index (χ0v) is 12.8. The van der Waals surface area contributed by atoms with Crippen LogP contribution in [0.2, 0.25) is 0 Å². The molecule has 0 bridgehead atoms. The van der Waals surface area contributed by atoms with Crippen LogP contribution in [0.4, 0.5) is 0 Å². The lowest BCUT2D eigenvalue weighted by atomic mass is 9.98. The molecule has 0 aromatic heterocycles. The van der Waals surface area contributed by atoms with Crippen molar-refractivity contribution in [3.63, 3.8) is 0 Å². The third kappa shape index (κ3) is 3.65. The summed E-state index contributed by atoms with van der Waals surface area (Å²) in [4.78, 5) is 17.9. The minimum Gasteiger partial charge on any atom is -0.481 e. The first-order valence-electron chi connectivity index (χ1n) is 8.05. The lowest BCUT2D eigenvalue weighted by Gasteiger charge is -2.30. The van der Waals surface area contributed by atoms with Gasteiger partial charge in [-0.2, -0.15) is 0 Å². The summed E-state index contributed by atoms with van der Waals surface area (Å²) in [6.07, 6.45) is 2.87. The Hall–Kier alpha value is -1.88. The lowest BCUT2D eigenvalue weighted by Crippen LogP contribution is -2.38. The van der Waals surface area contributed by atoms with Crippen molar-refractivity contribution in [2.75, 3.05) is 26.2 Å². The summed E-state index contributed by atoms with van der Waals surface area (Å²) in [5.74, 6) is 0.108. The van der Waals surface area contributed by atoms with Crippen LogP contribution in [0, 0.1) is 5.92 Å². The van der Waals surface area contributed by atoms with Crippen molar-refractivity contribution in [3.05, 3.63) is 35.4 Å². The summed E-state index contributed by atoms with van der Waals surface area (Å²) in [6.45, 7) is 4.36. The van der Waals surface area contributed by atoms with Gasteiger partial charge in [-0.25, -0.2) is 0 Å². The molecule has 1 aromatic carbocycles. The third-order valence-corrected chi connectivity index (χ3v) is 4.39. The van der Waals surface area contributed by atoms with Crippen LogP contribution in [-0.4, -0.2) is 48.0 Å². The number of carboxylic acid groups (broad SMARTS) is 1. The Kier molecular flexibility index (Phi) is 4.73. The average molecular weight is 301 g/mol. The van der Waals surface area contributed by atoms with Gasteiger partial charge in [0.2, 0.25) is 0 Å². The molecule has 1 fully saturated rings. The van der Waals surface area contributed by atoms with Crippen LogP contribution in [0.3, 0.4) is 0 Å². The molecule has 118 valence electrons. The molecule has 2 N–H and O–H groups in total. The van der Waals surface area contributed by atoms with Crippen molar-refractivity contribution in [1.29, 1.82) is 0 Å². The molecule has 3 rings (SSSR count). The molecule has 1 atom stereocenters. The lowest BCUT2D eigenvalue weighted by molar-refractivity contribution is -0.143. The van der Waals surface area contributed by atoms with E-state index in [0.717, 1.165) is 56.8 Å². The highest BCUT2D eigenvalue weighted by molar-refractivity contribution is 5.99. The minimum atomic E-state index is -0.665. The Morgan fingerprint density at radius 3 is 2.82 bits per heavy atom. The Morgan fingerprint density at radius 1 is 1.32 bits per heavy atom. The number of benzene rings is 1. The molecule has 0 radical (unpaired) electrons. The average Bonchev–Trinajstić information content (AvgIpc) is 2.56. The second-order valence-electron chi connectivity index (χ2n) is 6.12. The van der Waals surface area contributed by atoms with Crippen LogP contribution in [0.15, 0.2) is 29.3 Å². The van der Waals surface area contributed by atoms with E-state index in [1.54, 1.807) is 0 Å². The standard InChI is InChI=1S/C17H23N3O2/c21-17(22)15-3-1-10-20(12-15)11-13-4-6-14(7-5-13)16-18-8-2-9-19-16/h4-7,15H,1-3,8-12H2,(H,18,19)(H,21,22). The molecule has 0 saturated carbocycles. The number of aliphatic imine (C=N–C) groups is 1. The molecule has 2 heterocycles. The van der Waals surface area contributed by atoms with Gasteiger partial charge in [-0.3, -0.25) is 14.7 Å². The van der Waals surface area contributed by atoms with Crippen molar-refractivity contribution < 1.29 is 9.90 Å². The number of carboxylic acids is 1. The predicted molar refractivity (Wildman–Crippen MR) is 86.1 cm³/mol. The van der Waals surface area contributed by atoms with E-state index in [4.69, 9.17) is 5.11 Å². The molecular weight excluding hydrogens is 278 g/mol. The Balaban J connectivity index is 1.61. The molecule has 0 aliphatic carbocycles. The van der Waals surface area contributed by atoms with E-state index in [1.165, 1.54) is 5.56 Å². The molecule has 5 nitrogen and oxygen atoms in total. The number of nitrogens with one attached hydrogen (secondary N) is 1. The Morgan fingerprint density at radius 2 is 2.14 bits per heavy atom. The smallest absolute Gasteiger partial charge is 0.307 e. The summed E-state index contributed by atoms with van der Waals surface area (Å²) in [7, 11) is 0. The van der Waals surface area contributed by atoms with Gasteiger partial charge >= 0.3 is 5.97 Å². The normalized spacial score (nSPS) is 22.7. The summed E-state index contributed by atoms with van der Waals surface area (Å²) in [5, 5.41) is 12.5. The number of piperidine rings is 1. The number of hydrogen-bond donors (Lipinski definition) is 2. The largest absolute Gasteiger partial charge is 0.481 e. The summed E-state index contributed by atoms with van der Waals surface area (Å²) in [5.41, 5.74) is 2.36. The highest BCUT2D eigenvalue weighted by Gasteiger charge is 2.25. The fraction of sp³-hybridized carbons (Fsp3) is 0.529. The molecule has 0 amide bonds. The predicted octanol–water partition coefficient (Wildman–Crippen LogP) is 1.72. The fourth-order valence-electron chi connectivity index (χ4n) is 3.15. The monoisotopic (exact) mass is 301 g/mol. The molecule has 2 aliphatic rings. The molecule has 22 heavy (non-hydrogen) atoms. The maximum Gasteiger partial charge on any atom is 0.307 e. The van der Waals surface area contributed by atoms with Gasteiger partial charge in [-0.05, 0) is 31.4 Å². The highest BCUT2D eigenvalue weighted by Crippen LogP contribution is 2.19. The zero-order valence-electron chi connectivity index (χ0n) is 12.8. The van der Waals surface area contributed by atoms with Gasteiger partial charge in [-0.1, -0.05) is 24.3 Å². The second kappa shape index (κ2) is 6.92. The Labute approximate surface area is 131 Å². The topological polar surface area (TPSA) is 64.9 Å². The van der Waals surface area contributed by atoms with Crippen LogP contribution >= 0.6 is 0 Å². The number of likely N-dealkylation sites (tertiary alicyclic amines) is 1. The van der Waals surface area contributed by atoms with Crippen molar-refractivity contribution in [3.8, 4) is 0 Å². The summed E-state index contributed by atoms with van der Waals surface area (Å²) >= 11 is 0. The van der Waals surface area contributed by atoms with Crippen molar-refractivity contribution in [2.45, 2.75) is 25.8 Å². The second-order valence-corrected chi connectivity index (χ2v) is 6.12. The first-order chi connectivity index (χ1) is 10.7. The van der Waals surface area contributed by atoms with Crippen molar-refractivity contribution in [2.24, 2.45) is 10.9 Å². The van der Waals surface area contributed by atoms with E-state index in [0.29, 0.717) is 6.54 Å². The first-order valence-corrected chi connectivity index (χ1v) is 8.05. The molecule has 0 spiro atoms. The fourth-order valence-corrected chi connectivity index (χ4v) is 3.15. The van der Waals surface area contributed by atoms with Gasteiger partial charge in [0.05, 0.1) is 5.92 Å². The molecule has 1 unspecified atom stereocenters. The molecule has 2 aliphatic heterocycles. The highest BCUT2D eigenvalue weighted by atomic mass is 16.4. The Bertz CT molecular complexity index is 554. The molecular formula is C17H23N3O2. The molecule has 1 aromatic rings. The number of amidine groups is 1. The number of hydrogen-bond acceptors (Lipinski definition) is 4. The van der Waals surface area contributed by atoms with Crippen LogP contribution in [0.1, 0.15) is 30.4 Å². The van der Waals surface area contributed by atoms with Crippen molar-refractivity contribution in [1.82, 2.24) is 10.2 Å². The van der Waals surface area contributed by atoms with Crippen LogP contribution in [-0.2, 0) is 11.3 Å². The zero-order chi connectivity index (χ0) is 15.4. The third-order valence-electron chi connectivity index (χ3n) is 4.39. The van der Waals surface area contributed by atoms with E-state index in [-0.39, 0.29) is 5.92 Å². The summed E-state index contributed by atoms with van der Waals surface area (Å²) in [6, 6.07) is 8.45. The minimum absolute atomic E-state index is 0.214. The number of nitrogens with zero attached hydrogens (tertiary/aromatic N) is 2. The number of rotatable bonds is 4. The first kappa shape index (κ1) is 15.0. The van der Waals surface area contributed by atoms with E-state index < -0.39 is 5.97 Å². The van der Waals surface area contributed by atoms with E-state index in [1.807, 2.05) is 0 Å². The van der Waals surface area contributed by atoms with Gasteiger partial charge < -0.3 is 10.4 Å². The number of aliphatic carboxylic acids is 1. The molecule has 5 heteroatoms. The van der Waals surface area contributed by atoms with Crippen LogP contribution in [0.25, 0.3) is 0 Å². The quantitative estimate of drug-likeness (QED) is 0.889. The maximum atomic E-state index is 11.1. The maximum absolute atomic E-state index is 11.1. The number of carbonyl (C=O) groups is 1. The van der Waals surface area contributed by atoms with Gasteiger partial charge in [0.15, 0.2) is 0 Å². The van der Waals surface area contributed by atoms with Crippen LogP contribution in [0.5, 0.6) is 0 Å².